The van der Waals surface area contributed by atoms with E-state index in [1.54, 1.807) is 0 Å². The molecule has 0 saturated heterocycles. The van der Waals surface area contributed by atoms with Gasteiger partial charge in [-0.15, -0.1) is 0 Å². The van der Waals surface area contributed by atoms with Gasteiger partial charge in [-0.2, -0.15) is 13.2 Å². The van der Waals surface area contributed by atoms with Crippen molar-refractivity contribution in [3.05, 3.63) is 22.7 Å². The summed E-state index contributed by atoms with van der Waals surface area (Å²) in [5, 5.41) is 0. The van der Waals surface area contributed by atoms with E-state index in [9.17, 15) is 13.2 Å². The van der Waals surface area contributed by atoms with E-state index in [0.717, 1.165) is 17.3 Å². The molecule has 0 bridgehead atoms. The predicted molar refractivity (Wildman–Crippen MR) is 61.0 cm³/mol. The van der Waals surface area contributed by atoms with E-state index in [4.69, 9.17) is 0 Å². The number of alkyl halides is 3. The minimum Gasteiger partial charge on any atom is -0.171 e. The first-order valence-electron chi connectivity index (χ1n) is 5.01. The Morgan fingerprint density at radius 1 is 1.20 bits per heavy atom. The van der Waals surface area contributed by atoms with Crippen molar-refractivity contribution in [2.45, 2.75) is 45.2 Å². The second-order valence-corrected chi connectivity index (χ2v) is 4.21. The molecule has 4 heteroatoms. The fraction of sp³-hybridized carbons (Fsp3) is 0.636. The van der Waals surface area contributed by atoms with E-state index in [-0.39, 0.29) is 6.42 Å². The smallest absolute Gasteiger partial charge is 0.171 e. The minimum absolute atomic E-state index is 0.238. The monoisotopic (exact) mass is 284 g/mol. The fourth-order valence-electron chi connectivity index (χ4n) is 1.06. The summed E-state index contributed by atoms with van der Waals surface area (Å²) in [6, 6.07) is 0. The van der Waals surface area contributed by atoms with Crippen molar-refractivity contribution in [2.75, 3.05) is 0 Å². The number of rotatable bonds is 6. The third kappa shape index (κ3) is 11.7. The van der Waals surface area contributed by atoms with E-state index >= 15 is 0 Å². The largest absolute Gasteiger partial charge is 0.389 e. The molecule has 0 aliphatic carbocycles. The Kier molecular flexibility index (Phi) is 7.83. The van der Waals surface area contributed by atoms with E-state index in [0.29, 0.717) is 6.42 Å². The molecule has 0 fully saturated rings. The van der Waals surface area contributed by atoms with Gasteiger partial charge in [0.05, 0.1) is 0 Å². The fourth-order valence-corrected chi connectivity index (χ4v) is 1.24. The number of hydrogen-bond donors (Lipinski definition) is 0. The second-order valence-electron chi connectivity index (χ2n) is 3.29. The number of unbranched alkanes of at least 4 members (excludes halogenated alkanes) is 3. The molecule has 0 saturated carbocycles. The second kappa shape index (κ2) is 7.97. The normalized spacial score (nSPS) is 13.8. The Balaban J connectivity index is 3.37. The van der Waals surface area contributed by atoms with Gasteiger partial charge in [-0.1, -0.05) is 40.6 Å². The molecule has 0 rings (SSSR count). The molecule has 0 aliphatic rings. The Morgan fingerprint density at radius 2 is 1.87 bits per heavy atom. The lowest BCUT2D eigenvalue weighted by Gasteiger charge is -2.04. The van der Waals surface area contributed by atoms with Crippen LogP contribution in [0, 0.1) is 0 Å². The van der Waals surface area contributed by atoms with Gasteiger partial charge in [0.25, 0.3) is 0 Å². The molecule has 0 aromatic carbocycles. The lowest BCUT2D eigenvalue weighted by atomic mass is 10.1. The molecular formula is C11H16BrF3. The number of halogens is 4. The SMILES string of the molecule is CC=C(Br)C=CCCCCCC(F)(F)F. The van der Waals surface area contributed by atoms with Crippen molar-refractivity contribution in [1.82, 2.24) is 0 Å². The minimum atomic E-state index is -4.00. The maximum atomic E-state index is 11.8. The van der Waals surface area contributed by atoms with Crippen LogP contribution in [0.25, 0.3) is 0 Å². The van der Waals surface area contributed by atoms with Gasteiger partial charge in [0.1, 0.15) is 0 Å². The summed E-state index contributed by atoms with van der Waals surface area (Å²) < 4.78 is 36.3. The lowest BCUT2D eigenvalue weighted by molar-refractivity contribution is -0.135. The van der Waals surface area contributed by atoms with Gasteiger partial charge in [-0.3, -0.25) is 0 Å². The maximum Gasteiger partial charge on any atom is 0.389 e. The highest BCUT2D eigenvalue weighted by Gasteiger charge is 2.25. The molecule has 0 atom stereocenters. The van der Waals surface area contributed by atoms with E-state index < -0.39 is 12.6 Å². The highest BCUT2D eigenvalue weighted by atomic mass is 79.9. The average Bonchev–Trinajstić information content (AvgIpc) is 2.14. The molecule has 0 heterocycles. The highest BCUT2D eigenvalue weighted by Crippen LogP contribution is 2.22. The summed E-state index contributed by atoms with van der Waals surface area (Å²) in [4.78, 5) is 0. The van der Waals surface area contributed by atoms with Crippen LogP contribution in [0.4, 0.5) is 13.2 Å². The average molecular weight is 285 g/mol. The molecule has 0 N–H and O–H groups in total. The predicted octanol–water partition coefficient (Wildman–Crippen LogP) is 5.35. The van der Waals surface area contributed by atoms with Crippen molar-refractivity contribution in [3.8, 4) is 0 Å². The standard InChI is InChI=1S/C11H16BrF3/c1-2-10(12)8-6-4-3-5-7-9-11(13,14)15/h2,6,8H,3-5,7,9H2,1H3. The van der Waals surface area contributed by atoms with Gasteiger partial charge in [0.15, 0.2) is 0 Å². The first-order valence-corrected chi connectivity index (χ1v) is 5.80. The summed E-state index contributed by atoms with van der Waals surface area (Å²) in [7, 11) is 0. The van der Waals surface area contributed by atoms with Gasteiger partial charge in [-0.25, -0.2) is 0 Å². The van der Waals surface area contributed by atoms with Crippen LogP contribution in [0.5, 0.6) is 0 Å². The molecule has 0 aromatic rings. The van der Waals surface area contributed by atoms with E-state index in [1.165, 1.54) is 0 Å². The van der Waals surface area contributed by atoms with E-state index in [2.05, 4.69) is 15.9 Å². The van der Waals surface area contributed by atoms with Crippen molar-refractivity contribution in [3.63, 3.8) is 0 Å². The maximum absolute atomic E-state index is 11.8. The zero-order chi connectivity index (χ0) is 11.7. The van der Waals surface area contributed by atoms with Crippen LogP contribution < -0.4 is 0 Å². The Hall–Kier alpha value is -0.250. The van der Waals surface area contributed by atoms with Crippen molar-refractivity contribution < 1.29 is 13.2 Å². The Morgan fingerprint density at radius 3 is 2.40 bits per heavy atom. The van der Waals surface area contributed by atoms with Crippen molar-refractivity contribution in [1.29, 1.82) is 0 Å². The zero-order valence-corrected chi connectivity index (χ0v) is 10.4. The summed E-state index contributed by atoms with van der Waals surface area (Å²) in [6.45, 7) is 1.91. The van der Waals surface area contributed by atoms with Crippen molar-refractivity contribution in [2.24, 2.45) is 0 Å². The lowest BCUT2D eigenvalue weighted by Crippen LogP contribution is -2.06. The van der Waals surface area contributed by atoms with Crippen LogP contribution in [0.15, 0.2) is 22.7 Å². The summed E-state index contributed by atoms with van der Waals surface area (Å²) in [5.74, 6) is 0. The Labute approximate surface area is 97.4 Å². The molecule has 0 aliphatic heterocycles. The number of allylic oxidation sites excluding steroid dienone is 4. The Bertz CT molecular complexity index is 216. The molecule has 15 heavy (non-hydrogen) atoms. The first kappa shape index (κ1) is 14.8. The van der Waals surface area contributed by atoms with E-state index in [1.807, 2.05) is 25.2 Å². The molecule has 0 aromatic heterocycles. The van der Waals surface area contributed by atoms with Crippen LogP contribution in [-0.4, -0.2) is 6.18 Å². The van der Waals surface area contributed by atoms with Crippen LogP contribution in [0.3, 0.4) is 0 Å². The summed E-state index contributed by atoms with van der Waals surface area (Å²) in [5.41, 5.74) is 0. The van der Waals surface area contributed by atoms with Crippen LogP contribution in [0.1, 0.15) is 39.0 Å². The molecule has 0 nitrogen and oxygen atoms in total. The van der Waals surface area contributed by atoms with Gasteiger partial charge in [-0.05, 0) is 26.2 Å². The van der Waals surface area contributed by atoms with Gasteiger partial charge in [0, 0.05) is 10.9 Å². The summed E-state index contributed by atoms with van der Waals surface area (Å²) >= 11 is 3.31. The highest BCUT2D eigenvalue weighted by molar-refractivity contribution is 9.11. The summed E-state index contributed by atoms with van der Waals surface area (Å²) in [6.07, 6.45) is 3.68. The van der Waals surface area contributed by atoms with Crippen LogP contribution in [-0.2, 0) is 0 Å². The number of hydrogen-bond acceptors (Lipinski definition) is 0. The van der Waals surface area contributed by atoms with Crippen LogP contribution in [0.2, 0.25) is 0 Å². The molecule has 0 amide bonds. The van der Waals surface area contributed by atoms with Crippen molar-refractivity contribution >= 4 is 15.9 Å². The molecule has 0 spiro atoms. The van der Waals surface area contributed by atoms with Gasteiger partial charge >= 0.3 is 6.18 Å². The molecular weight excluding hydrogens is 269 g/mol. The quantitative estimate of drug-likeness (QED) is 0.455. The third-order valence-corrected chi connectivity index (χ3v) is 2.61. The molecule has 88 valence electrons. The molecule has 0 unspecified atom stereocenters. The zero-order valence-electron chi connectivity index (χ0n) is 8.78. The van der Waals surface area contributed by atoms with Crippen LogP contribution >= 0.6 is 15.9 Å². The van der Waals surface area contributed by atoms with Gasteiger partial charge in [0.2, 0.25) is 0 Å². The first-order chi connectivity index (χ1) is 6.95. The van der Waals surface area contributed by atoms with Gasteiger partial charge < -0.3 is 0 Å². The third-order valence-electron chi connectivity index (χ3n) is 1.88. The molecule has 0 radical (unpaired) electrons. The topological polar surface area (TPSA) is 0 Å².